The van der Waals surface area contributed by atoms with E-state index in [1.165, 1.54) is 0 Å². The van der Waals surface area contributed by atoms with Crippen LogP contribution in [0.3, 0.4) is 0 Å². The summed E-state index contributed by atoms with van der Waals surface area (Å²) >= 11 is 0. The average Bonchev–Trinajstić information content (AvgIpc) is 3.41. The molecular formula is C29H55N7O16. The molecule has 0 bridgehead atoms. The van der Waals surface area contributed by atoms with Crippen LogP contribution in [-0.2, 0) is 33.2 Å². The van der Waals surface area contributed by atoms with Gasteiger partial charge >= 0.3 is 0 Å². The number of amides is 1. The maximum absolute atomic E-state index is 12.9. The Hall–Kier alpha value is -1.37. The van der Waals surface area contributed by atoms with Gasteiger partial charge in [0.2, 0.25) is 0 Å². The van der Waals surface area contributed by atoms with Crippen LogP contribution in [-0.4, -0.2) is 220 Å². The van der Waals surface area contributed by atoms with Gasteiger partial charge in [-0.1, -0.05) is 0 Å². The fourth-order valence-electron chi connectivity index (χ4n) is 6.97. The van der Waals surface area contributed by atoms with Crippen molar-refractivity contribution in [3.63, 3.8) is 0 Å². The number of rotatable bonds is 14. The third-order valence-electron chi connectivity index (χ3n) is 10.3. The van der Waals surface area contributed by atoms with Crippen LogP contribution in [0.15, 0.2) is 0 Å². The van der Waals surface area contributed by atoms with Gasteiger partial charge in [-0.2, -0.15) is 0 Å². The second kappa shape index (κ2) is 17.6. The number of hydrogen-bond donors (Lipinski definition) is 16. The van der Waals surface area contributed by atoms with Gasteiger partial charge in [-0.25, -0.2) is 0 Å². The molecule has 0 radical (unpaired) electrons. The summed E-state index contributed by atoms with van der Waals surface area (Å²) in [6.45, 7) is -1.04. The number of carbonyl (C=O) groups is 1. The third kappa shape index (κ3) is 8.54. The van der Waals surface area contributed by atoms with E-state index in [1.807, 2.05) is 0 Å². The van der Waals surface area contributed by atoms with Crippen molar-refractivity contribution in [1.29, 1.82) is 0 Å². The molecule has 5 rings (SSSR count). The van der Waals surface area contributed by atoms with Gasteiger partial charge in [0, 0.05) is 38.8 Å². The summed E-state index contributed by atoms with van der Waals surface area (Å²) < 4.78 is 35.4. The highest BCUT2D eigenvalue weighted by Gasteiger charge is 2.55. The van der Waals surface area contributed by atoms with E-state index in [-0.39, 0.29) is 45.8 Å². The molecule has 302 valence electrons. The lowest BCUT2D eigenvalue weighted by molar-refractivity contribution is -0.308. The first-order chi connectivity index (χ1) is 24.6. The molecule has 0 aromatic heterocycles. The Labute approximate surface area is 298 Å². The summed E-state index contributed by atoms with van der Waals surface area (Å²) in [6.07, 6.45) is -21.7. The third-order valence-corrected chi connectivity index (χ3v) is 10.3. The van der Waals surface area contributed by atoms with Gasteiger partial charge in [-0.3, -0.25) is 4.79 Å². The standard InChI is InChI=1S/C29H55N7O16/c30-4-11-17(40)19(42)14(32)25(47-11)51-23-13(6-38)49-27(21(23)44)52-24-16(39)10(36-28(45)29(46)7-35-8-29)3-9(31)22(24)50-26-15(33)20(43)18(41)12(48-26)5-34-1-2-37/h9-27,34-35,37-44,46H,1-8,30-33H2,(H,36,45)/t9-,10+,11-,12+,13+,14+,15+,16-,17+,18+,19+,20+,21+,22+,23+,24+,25+,26+,27-/m0/s1. The van der Waals surface area contributed by atoms with E-state index in [0.717, 1.165) is 0 Å². The van der Waals surface area contributed by atoms with Crippen LogP contribution in [0, 0.1) is 0 Å². The van der Waals surface area contributed by atoms with Crippen LogP contribution < -0.4 is 38.9 Å². The minimum absolute atomic E-state index is 0.0149. The van der Waals surface area contributed by atoms with E-state index in [2.05, 4.69) is 16.0 Å². The van der Waals surface area contributed by atoms with Gasteiger partial charge in [0.05, 0.1) is 31.3 Å². The second-order valence-electron chi connectivity index (χ2n) is 14.0. The maximum atomic E-state index is 12.9. The van der Waals surface area contributed by atoms with Crippen molar-refractivity contribution in [2.75, 3.05) is 45.9 Å². The van der Waals surface area contributed by atoms with Crippen LogP contribution in [0.4, 0.5) is 0 Å². The minimum Gasteiger partial charge on any atom is -0.395 e. The molecule has 19 atom stereocenters. The van der Waals surface area contributed by atoms with Gasteiger partial charge in [0.15, 0.2) is 24.5 Å². The van der Waals surface area contributed by atoms with E-state index < -0.39 is 134 Å². The number of nitrogens with two attached hydrogens (primary N) is 4. The Morgan fingerprint density at radius 1 is 0.750 bits per heavy atom. The van der Waals surface area contributed by atoms with Crippen molar-refractivity contribution in [3.8, 4) is 0 Å². The van der Waals surface area contributed by atoms with Gasteiger partial charge < -0.3 is 113 Å². The van der Waals surface area contributed by atoms with E-state index in [4.69, 9.17) is 56.5 Å². The number of ether oxygens (including phenoxy) is 6. The molecule has 1 amide bonds. The highest BCUT2D eigenvalue weighted by Crippen LogP contribution is 2.35. The van der Waals surface area contributed by atoms with Crippen LogP contribution in [0.25, 0.3) is 0 Å². The summed E-state index contributed by atoms with van der Waals surface area (Å²) in [5.41, 5.74) is 22.7. The number of hydrogen-bond acceptors (Lipinski definition) is 22. The summed E-state index contributed by atoms with van der Waals surface area (Å²) in [5, 5.41) is 103. The molecule has 23 heteroatoms. The molecule has 0 unspecified atom stereocenters. The molecule has 5 fully saturated rings. The van der Waals surface area contributed by atoms with Crippen molar-refractivity contribution in [2.24, 2.45) is 22.9 Å². The number of nitrogens with one attached hydrogen (secondary N) is 3. The van der Waals surface area contributed by atoms with Gasteiger partial charge in [0.1, 0.15) is 73.2 Å². The first-order valence-corrected chi connectivity index (χ1v) is 17.3. The minimum atomic E-state index is -1.73. The first kappa shape index (κ1) is 41.8. The number of aliphatic hydroxyl groups is 9. The molecule has 1 saturated carbocycles. The zero-order valence-corrected chi connectivity index (χ0v) is 28.3. The van der Waals surface area contributed by atoms with Crippen molar-refractivity contribution in [3.05, 3.63) is 0 Å². The van der Waals surface area contributed by atoms with Crippen molar-refractivity contribution in [1.82, 2.24) is 16.0 Å². The normalized spacial score (nSPS) is 47.9. The molecule has 52 heavy (non-hydrogen) atoms. The van der Waals surface area contributed by atoms with E-state index in [1.54, 1.807) is 0 Å². The lowest BCUT2D eigenvalue weighted by Crippen LogP contribution is -2.72. The predicted octanol–water partition coefficient (Wildman–Crippen LogP) is -10.8. The van der Waals surface area contributed by atoms with Gasteiger partial charge in [-0.05, 0) is 6.42 Å². The molecule has 23 nitrogen and oxygen atoms in total. The molecule has 0 spiro atoms. The number of carbonyl (C=O) groups excluding carboxylic acids is 1. The average molecular weight is 758 g/mol. The highest BCUT2D eigenvalue weighted by molar-refractivity contribution is 5.87. The zero-order valence-electron chi connectivity index (χ0n) is 28.3. The largest absolute Gasteiger partial charge is 0.395 e. The second-order valence-corrected chi connectivity index (χ2v) is 14.0. The summed E-state index contributed by atoms with van der Waals surface area (Å²) in [5.74, 6) is -0.786. The lowest BCUT2D eigenvalue weighted by Gasteiger charge is -2.48. The quantitative estimate of drug-likeness (QED) is 0.0731. The van der Waals surface area contributed by atoms with Crippen LogP contribution >= 0.6 is 0 Å². The molecule has 0 aromatic rings. The SMILES string of the molecule is NC[C@@H]1O[C@H](O[C@H]2[C@@H](O)[C@H](O[C@@H]3[C@@H](O)[C@H](NC(=O)C4(O)CNC4)C[C@H](N)[C@H]3O[C@H]3O[C@H](CNCCO)[C@@H](O)[C@H](O)[C@H]3N)O[C@@H]2CO)[C@H](N)[C@@H](O)[C@@H]1O. The smallest absolute Gasteiger partial charge is 0.254 e. The highest BCUT2D eigenvalue weighted by atomic mass is 16.8. The van der Waals surface area contributed by atoms with Crippen LogP contribution in [0.1, 0.15) is 6.42 Å². The Kier molecular flexibility index (Phi) is 14.2. The Bertz CT molecular complexity index is 1170. The van der Waals surface area contributed by atoms with Crippen LogP contribution in [0.5, 0.6) is 0 Å². The molecule has 5 aliphatic rings. The van der Waals surface area contributed by atoms with Crippen molar-refractivity contribution < 1.29 is 79.2 Å². The van der Waals surface area contributed by atoms with E-state index in [9.17, 15) is 45.6 Å². The van der Waals surface area contributed by atoms with E-state index >= 15 is 0 Å². The predicted molar refractivity (Wildman–Crippen MR) is 171 cm³/mol. The molecular weight excluding hydrogens is 702 g/mol. The molecule has 0 aromatic carbocycles. The summed E-state index contributed by atoms with van der Waals surface area (Å²) in [6, 6.07) is -4.83. The summed E-state index contributed by atoms with van der Waals surface area (Å²) in [7, 11) is 0. The molecule has 4 heterocycles. The maximum Gasteiger partial charge on any atom is 0.254 e. The Morgan fingerprint density at radius 2 is 1.31 bits per heavy atom. The van der Waals surface area contributed by atoms with Crippen LogP contribution in [0.2, 0.25) is 0 Å². The topological polar surface area (TPSA) is 395 Å². The van der Waals surface area contributed by atoms with Crippen molar-refractivity contribution >= 4 is 5.91 Å². The summed E-state index contributed by atoms with van der Waals surface area (Å²) in [4.78, 5) is 12.9. The van der Waals surface area contributed by atoms with E-state index in [0.29, 0.717) is 0 Å². The molecule has 1 aliphatic carbocycles. The lowest BCUT2D eigenvalue weighted by atomic mass is 9.83. The fraction of sp³-hybridized carbons (Fsp3) is 0.966. The Morgan fingerprint density at radius 3 is 1.87 bits per heavy atom. The first-order valence-electron chi connectivity index (χ1n) is 17.3. The van der Waals surface area contributed by atoms with Gasteiger partial charge in [-0.15, -0.1) is 0 Å². The number of β-amino-alcohol motifs (C(OH)–C–C–N with tert-alkyl or cyclic N) is 1. The molecule has 20 N–H and O–H groups in total. The fourth-order valence-corrected chi connectivity index (χ4v) is 6.97. The van der Waals surface area contributed by atoms with Gasteiger partial charge in [0.25, 0.3) is 5.91 Å². The zero-order chi connectivity index (χ0) is 38.1. The molecule has 4 saturated heterocycles. The Balaban J connectivity index is 1.36. The number of aliphatic hydroxyl groups excluding tert-OH is 8. The van der Waals surface area contributed by atoms with Crippen molar-refractivity contribution in [2.45, 2.75) is 128 Å². The molecule has 4 aliphatic heterocycles. The monoisotopic (exact) mass is 757 g/mol.